The number of carbonyl (C=O) groups excluding carboxylic acids is 2. The number of unbranched alkanes of at least 4 members (excludes halogenated alkanes) is 12. The van der Waals surface area contributed by atoms with Gasteiger partial charge in [0.15, 0.2) is 0 Å². The number of carbonyl (C=O) groups is 2. The third-order valence-electron chi connectivity index (χ3n) is 6.93. The van der Waals surface area contributed by atoms with E-state index >= 15 is 0 Å². The molecule has 1 aromatic rings. The Morgan fingerprint density at radius 3 is 1.25 bits per heavy atom. The predicted molar refractivity (Wildman–Crippen MR) is 172 cm³/mol. The second-order valence-electron chi connectivity index (χ2n) is 10.8. The number of rotatable bonds is 33. The Morgan fingerprint density at radius 2 is 0.818 bits per heavy atom. The zero-order valence-electron chi connectivity index (χ0n) is 27.4. The average molecular weight is 625 g/mol. The molecule has 0 heterocycles. The van der Waals surface area contributed by atoms with Gasteiger partial charge in [0.2, 0.25) is 0 Å². The van der Waals surface area contributed by atoms with Crippen LogP contribution in [-0.2, 0) is 38.0 Å². The Labute approximate surface area is 266 Å². The van der Waals surface area contributed by atoms with Crippen molar-refractivity contribution in [2.24, 2.45) is 0 Å². The summed E-state index contributed by atoms with van der Waals surface area (Å²) in [4.78, 5) is 23.6. The molecule has 0 aromatic heterocycles. The topological polar surface area (TPSA) is 98.8 Å². The number of benzene rings is 1. The van der Waals surface area contributed by atoms with Crippen molar-refractivity contribution in [1.29, 1.82) is 0 Å². The van der Waals surface area contributed by atoms with Crippen molar-refractivity contribution in [3.63, 3.8) is 0 Å². The third-order valence-corrected chi connectivity index (χ3v) is 6.93. The van der Waals surface area contributed by atoms with Crippen molar-refractivity contribution in [2.45, 2.75) is 96.8 Å². The van der Waals surface area contributed by atoms with Gasteiger partial charge in [0.25, 0.3) is 0 Å². The minimum Gasteiger partial charge on any atom is -0.463 e. The first-order chi connectivity index (χ1) is 21.7. The zero-order chi connectivity index (χ0) is 31.6. The van der Waals surface area contributed by atoms with E-state index in [-0.39, 0.29) is 25.2 Å². The van der Waals surface area contributed by atoms with Crippen LogP contribution in [0, 0.1) is 0 Å². The summed E-state index contributed by atoms with van der Waals surface area (Å²) in [5.41, 5.74) is 0.527. The standard InChI is InChI=1S/C35H60O9/c1-2-3-4-5-6-7-8-9-10-11-12-13-17-20-34(36)43-31-29-41-27-25-39-23-21-38-22-24-40-26-28-42-30-32-44-35(37)33-18-15-14-16-19-33/h14-16,18-19H,2-13,17,20-32H2,1H3. The first kappa shape index (κ1) is 40.0. The molecule has 0 fully saturated rings. The fourth-order valence-corrected chi connectivity index (χ4v) is 4.41. The molecule has 0 aliphatic heterocycles. The van der Waals surface area contributed by atoms with Crippen LogP contribution in [0.2, 0.25) is 0 Å². The molecule has 0 N–H and O–H groups in total. The highest BCUT2D eigenvalue weighted by atomic mass is 16.6. The van der Waals surface area contributed by atoms with Crippen LogP contribution in [-0.4, -0.2) is 91.2 Å². The van der Waals surface area contributed by atoms with E-state index in [1.165, 1.54) is 70.6 Å². The summed E-state index contributed by atoms with van der Waals surface area (Å²) in [7, 11) is 0. The lowest BCUT2D eigenvalue weighted by atomic mass is 10.0. The highest BCUT2D eigenvalue weighted by Crippen LogP contribution is 2.13. The van der Waals surface area contributed by atoms with Gasteiger partial charge in [-0.1, -0.05) is 102 Å². The molecule has 0 saturated heterocycles. The summed E-state index contributed by atoms with van der Waals surface area (Å²) in [5.74, 6) is -0.490. The Bertz CT molecular complexity index is 760. The lowest BCUT2D eigenvalue weighted by Gasteiger charge is -2.08. The van der Waals surface area contributed by atoms with Crippen molar-refractivity contribution in [3.05, 3.63) is 35.9 Å². The molecule has 0 aliphatic carbocycles. The van der Waals surface area contributed by atoms with E-state index in [0.717, 1.165) is 12.8 Å². The van der Waals surface area contributed by atoms with Gasteiger partial charge in [-0.15, -0.1) is 0 Å². The second kappa shape index (κ2) is 32.4. The number of hydrogen-bond acceptors (Lipinski definition) is 9. The van der Waals surface area contributed by atoms with Crippen LogP contribution in [0.15, 0.2) is 30.3 Å². The molecule has 0 spiro atoms. The highest BCUT2D eigenvalue weighted by Gasteiger charge is 2.05. The molecule has 0 unspecified atom stereocenters. The molecule has 254 valence electrons. The average Bonchev–Trinajstić information content (AvgIpc) is 3.04. The van der Waals surface area contributed by atoms with Crippen molar-refractivity contribution in [3.8, 4) is 0 Å². The maximum Gasteiger partial charge on any atom is 0.338 e. The zero-order valence-corrected chi connectivity index (χ0v) is 27.4. The van der Waals surface area contributed by atoms with Crippen LogP contribution in [0.5, 0.6) is 0 Å². The fraction of sp³-hybridized carbons (Fsp3) is 0.771. The molecule has 9 heteroatoms. The monoisotopic (exact) mass is 624 g/mol. The normalized spacial score (nSPS) is 11.1. The molecule has 0 atom stereocenters. The number of hydrogen-bond donors (Lipinski definition) is 0. The van der Waals surface area contributed by atoms with Crippen LogP contribution < -0.4 is 0 Å². The first-order valence-corrected chi connectivity index (χ1v) is 17.0. The maximum atomic E-state index is 11.8. The van der Waals surface area contributed by atoms with Crippen LogP contribution in [0.1, 0.15) is 107 Å². The van der Waals surface area contributed by atoms with E-state index in [9.17, 15) is 9.59 Å². The summed E-state index contributed by atoms with van der Waals surface area (Å²) in [6.07, 6.45) is 17.3. The minimum absolute atomic E-state index is 0.136. The maximum absolute atomic E-state index is 11.8. The van der Waals surface area contributed by atoms with Crippen molar-refractivity contribution in [2.75, 3.05) is 79.3 Å². The Hall–Kier alpha value is -2.04. The minimum atomic E-state index is -0.355. The van der Waals surface area contributed by atoms with E-state index in [1.54, 1.807) is 24.3 Å². The first-order valence-electron chi connectivity index (χ1n) is 17.0. The molecule has 0 radical (unpaired) electrons. The van der Waals surface area contributed by atoms with Gasteiger partial charge in [-0.2, -0.15) is 0 Å². The Balaban J connectivity index is 1.69. The second-order valence-corrected chi connectivity index (χ2v) is 10.8. The fourth-order valence-electron chi connectivity index (χ4n) is 4.41. The van der Waals surface area contributed by atoms with Gasteiger partial charge in [-0.3, -0.25) is 4.79 Å². The Kier molecular flexibility index (Phi) is 29.4. The summed E-state index contributed by atoms with van der Waals surface area (Å²) < 4.78 is 37.6. The van der Waals surface area contributed by atoms with E-state index in [0.29, 0.717) is 78.1 Å². The van der Waals surface area contributed by atoms with Gasteiger partial charge in [-0.25, -0.2) is 4.79 Å². The lowest BCUT2D eigenvalue weighted by Crippen LogP contribution is -2.15. The largest absolute Gasteiger partial charge is 0.463 e. The molecule has 0 saturated carbocycles. The molecule has 0 aliphatic rings. The summed E-state index contributed by atoms with van der Waals surface area (Å²) in [6, 6.07) is 8.86. The van der Waals surface area contributed by atoms with Gasteiger partial charge >= 0.3 is 11.9 Å². The van der Waals surface area contributed by atoms with Crippen molar-refractivity contribution < 1.29 is 42.7 Å². The van der Waals surface area contributed by atoms with E-state index in [2.05, 4.69) is 6.92 Å². The number of esters is 2. The molecule has 44 heavy (non-hydrogen) atoms. The van der Waals surface area contributed by atoms with Crippen LogP contribution in [0.3, 0.4) is 0 Å². The summed E-state index contributed by atoms with van der Waals surface area (Å²) >= 11 is 0. The van der Waals surface area contributed by atoms with E-state index < -0.39 is 0 Å². The lowest BCUT2D eigenvalue weighted by molar-refractivity contribution is -0.145. The third kappa shape index (κ3) is 27.5. The molecule has 1 aromatic carbocycles. The van der Waals surface area contributed by atoms with E-state index in [1.807, 2.05) is 6.07 Å². The molecule has 0 bridgehead atoms. The van der Waals surface area contributed by atoms with Crippen molar-refractivity contribution >= 4 is 11.9 Å². The van der Waals surface area contributed by atoms with Crippen LogP contribution in [0.4, 0.5) is 0 Å². The predicted octanol–water partition coefficient (Wildman–Crippen LogP) is 6.95. The van der Waals surface area contributed by atoms with E-state index in [4.69, 9.17) is 33.2 Å². The number of ether oxygens (including phenoxy) is 7. The smallest absolute Gasteiger partial charge is 0.338 e. The van der Waals surface area contributed by atoms with Gasteiger partial charge in [0.1, 0.15) is 13.2 Å². The van der Waals surface area contributed by atoms with Gasteiger partial charge in [-0.05, 0) is 18.6 Å². The molecular weight excluding hydrogens is 564 g/mol. The van der Waals surface area contributed by atoms with Gasteiger partial charge in [0.05, 0.1) is 71.6 Å². The quantitative estimate of drug-likeness (QED) is 0.0608. The SMILES string of the molecule is CCCCCCCCCCCCCCCC(=O)OCCOCCOCCOCCOCCOCCOC(=O)c1ccccc1. The Morgan fingerprint density at radius 1 is 0.455 bits per heavy atom. The van der Waals surface area contributed by atoms with Crippen LogP contribution in [0.25, 0.3) is 0 Å². The van der Waals surface area contributed by atoms with Crippen molar-refractivity contribution in [1.82, 2.24) is 0 Å². The highest BCUT2D eigenvalue weighted by molar-refractivity contribution is 5.89. The summed E-state index contributed by atoms with van der Waals surface area (Å²) in [5, 5.41) is 0. The van der Waals surface area contributed by atoms with Crippen LogP contribution >= 0.6 is 0 Å². The molecule has 0 amide bonds. The summed E-state index contributed by atoms with van der Waals surface area (Å²) in [6.45, 7) is 7.12. The van der Waals surface area contributed by atoms with Gasteiger partial charge in [0, 0.05) is 6.42 Å². The molecule has 1 rings (SSSR count). The molecule has 9 nitrogen and oxygen atoms in total. The molecular formula is C35H60O9. The van der Waals surface area contributed by atoms with Gasteiger partial charge < -0.3 is 33.2 Å².